The van der Waals surface area contributed by atoms with Gasteiger partial charge >= 0.3 is 11.9 Å². The van der Waals surface area contributed by atoms with Gasteiger partial charge in [-0.3, -0.25) is 9.59 Å². The summed E-state index contributed by atoms with van der Waals surface area (Å²) in [4.78, 5) is 27.6. The van der Waals surface area contributed by atoms with Gasteiger partial charge in [-0.2, -0.15) is 11.3 Å². The molecule has 38 heavy (non-hydrogen) atoms. The third-order valence-corrected chi connectivity index (χ3v) is 6.93. The number of benzene rings is 4. The van der Waals surface area contributed by atoms with Crippen LogP contribution < -0.4 is 0 Å². The lowest BCUT2D eigenvalue weighted by molar-refractivity contribution is -0.161. The van der Waals surface area contributed by atoms with Crippen molar-refractivity contribution in [3.8, 4) is 0 Å². The maximum Gasteiger partial charge on any atom is 0.325 e. The molecule has 0 amide bonds. The van der Waals surface area contributed by atoms with E-state index in [1.54, 1.807) is 11.4 Å². The Morgan fingerprint density at radius 1 is 0.474 bits per heavy atom. The van der Waals surface area contributed by atoms with Gasteiger partial charge in [-0.1, -0.05) is 121 Å². The number of hydrogen-bond acceptors (Lipinski definition) is 5. The molecule has 0 unspecified atom stereocenters. The third kappa shape index (κ3) is 5.90. The van der Waals surface area contributed by atoms with Crippen LogP contribution in [0.15, 0.2) is 138 Å². The highest BCUT2D eigenvalue weighted by molar-refractivity contribution is 7.08. The Labute approximate surface area is 226 Å². The van der Waals surface area contributed by atoms with Gasteiger partial charge in [-0.05, 0) is 44.6 Å². The van der Waals surface area contributed by atoms with E-state index < -0.39 is 30.1 Å². The molecule has 1 aromatic heterocycles. The first-order chi connectivity index (χ1) is 18.7. The van der Waals surface area contributed by atoms with Crippen molar-refractivity contribution in [1.29, 1.82) is 0 Å². The highest BCUT2D eigenvalue weighted by atomic mass is 32.1. The predicted octanol–water partition coefficient (Wildman–Crippen LogP) is 7.50. The summed E-state index contributed by atoms with van der Waals surface area (Å²) in [5.41, 5.74) is 3.81. The summed E-state index contributed by atoms with van der Waals surface area (Å²) in [5.74, 6) is -2.55. The van der Waals surface area contributed by atoms with E-state index in [2.05, 4.69) is 0 Å². The van der Waals surface area contributed by atoms with Crippen molar-refractivity contribution >= 4 is 23.3 Å². The zero-order valence-electron chi connectivity index (χ0n) is 20.6. The van der Waals surface area contributed by atoms with E-state index in [-0.39, 0.29) is 0 Å². The smallest absolute Gasteiger partial charge is 0.325 e. The van der Waals surface area contributed by atoms with E-state index >= 15 is 0 Å². The summed E-state index contributed by atoms with van der Waals surface area (Å²) in [6.45, 7) is 0. The fraction of sp³-hybridized carbons (Fsp3) is 0.0909. The van der Waals surface area contributed by atoms with Crippen LogP contribution in [0.3, 0.4) is 0 Å². The Balaban J connectivity index is 1.47. The summed E-state index contributed by atoms with van der Waals surface area (Å²) < 4.78 is 12.2. The third-order valence-electron chi connectivity index (χ3n) is 6.23. The first-order valence-electron chi connectivity index (χ1n) is 12.3. The minimum absolute atomic E-state index is 0.546. The van der Waals surface area contributed by atoms with Gasteiger partial charge in [0.15, 0.2) is 18.1 Å². The van der Waals surface area contributed by atoms with Crippen LogP contribution in [0.5, 0.6) is 0 Å². The summed E-state index contributed by atoms with van der Waals surface area (Å²) in [5, 5.41) is 3.62. The Bertz CT molecular complexity index is 1260. The first kappa shape index (κ1) is 25.2. The van der Waals surface area contributed by atoms with Crippen LogP contribution in [-0.4, -0.2) is 11.9 Å². The van der Waals surface area contributed by atoms with Gasteiger partial charge in [0.05, 0.1) is 0 Å². The number of carbonyl (C=O) groups excluding carboxylic acids is 2. The lowest BCUT2D eigenvalue weighted by atomic mass is 9.98. The van der Waals surface area contributed by atoms with Crippen LogP contribution in [0.2, 0.25) is 0 Å². The van der Waals surface area contributed by atoms with E-state index in [1.807, 2.05) is 127 Å². The molecular formula is C33H26O4S. The SMILES string of the molecule is O=C(OC(c1ccccc1)c1ccccc1)C(C(=O)OC(c1ccccc1)c1ccccc1)c1ccsc1. The van der Waals surface area contributed by atoms with E-state index in [0.29, 0.717) is 5.56 Å². The lowest BCUT2D eigenvalue weighted by Gasteiger charge is -2.24. The van der Waals surface area contributed by atoms with Crippen molar-refractivity contribution in [3.63, 3.8) is 0 Å². The quantitative estimate of drug-likeness (QED) is 0.150. The summed E-state index contributed by atoms with van der Waals surface area (Å²) in [6.07, 6.45) is -1.34. The van der Waals surface area contributed by atoms with Crippen molar-refractivity contribution in [2.24, 2.45) is 0 Å². The Hall–Kier alpha value is -4.48. The molecule has 5 heteroatoms. The lowest BCUT2D eigenvalue weighted by Crippen LogP contribution is -2.28. The second-order valence-corrected chi connectivity index (χ2v) is 9.55. The minimum Gasteiger partial charge on any atom is -0.452 e. The fourth-order valence-electron chi connectivity index (χ4n) is 4.34. The van der Waals surface area contributed by atoms with Gasteiger partial charge in [0, 0.05) is 0 Å². The Morgan fingerprint density at radius 3 is 1.11 bits per heavy atom. The van der Waals surface area contributed by atoms with Crippen LogP contribution in [0, 0.1) is 0 Å². The average molecular weight is 519 g/mol. The van der Waals surface area contributed by atoms with Gasteiger partial charge in [0.1, 0.15) is 0 Å². The van der Waals surface area contributed by atoms with Crippen LogP contribution in [0.4, 0.5) is 0 Å². The number of hydrogen-bond donors (Lipinski definition) is 0. The normalized spacial score (nSPS) is 11.0. The molecule has 4 aromatic carbocycles. The average Bonchev–Trinajstić information content (AvgIpc) is 3.51. The Kier molecular flexibility index (Phi) is 8.07. The summed E-state index contributed by atoms with van der Waals surface area (Å²) >= 11 is 1.41. The molecule has 0 N–H and O–H groups in total. The maximum absolute atomic E-state index is 13.8. The second-order valence-electron chi connectivity index (χ2n) is 8.77. The van der Waals surface area contributed by atoms with Crippen molar-refractivity contribution in [2.75, 3.05) is 0 Å². The van der Waals surface area contributed by atoms with Crippen molar-refractivity contribution in [1.82, 2.24) is 0 Å². The molecule has 0 aliphatic heterocycles. The van der Waals surface area contributed by atoms with Crippen molar-refractivity contribution in [3.05, 3.63) is 166 Å². The predicted molar refractivity (Wildman–Crippen MR) is 149 cm³/mol. The van der Waals surface area contributed by atoms with Crippen LogP contribution in [-0.2, 0) is 19.1 Å². The summed E-state index contributed by atoms with van der Waals surface area (Å²) in [7, 11) is 0. The number of esters is 2. The molecule has 0 aliphatic carbocycles. The second kappa shape index (κ2) is 12.2. The number of rotatable bonds is 9. The molecule has 0 saturated heterocycles. The molecule has 4 nitrogen and oxygen atoms in total. The standard InChI is InChI=1S/C33H26O4S/c34-32(36-30(24-13-5-1-6-14-24)25-15-7-2-8-16-25)29(28-21-22-38-23-28)33(35)37-31(26-17-9-3-10-18-26)27-19-11-4-12-20-27/h1-23,29-31H. The highest BCUT2D eigenvalue weighted by Crippen LogP contribution is 2.33. The molecular weight excluding hydrogens is 492 g/mol. The monoisotopic (exact) mass is 518 g/mol. The van der Waals surface area contributed by atoms with E-state index in [0.717, 1.165) is 22.3 Å². The molecule has 0 aliphatic rings. The molecule has 0 saturated carbocycles. The molecule has 188 valence electrons. The van der Waals surface area contributed by atoms with Crippen molar-refractivity contribution in [2.45, 2.75) is 18.1 Å². The molecule has 5 aromatic rings. The van der Waals surface area contributed by atoms with E-state index in [9.17, 15) is 9.59 Å². The van der Waals surface area contributed by atoms with Crippen LogP contribution in [0.1, 0.15) is 45.9 Å². The maximum atomic E-state index is 13.8. The number of thiophene rings is 1. The number of carbonyl (C=O) groups is 2. The van der Waals surface area contributed by atoms with Crippen molar-refractivity contribution < 1.29 is 19.1 Å². The van der Waals surface area contributed by atoms with Gasteiger partial charge in [-0.15, -0.1) is 0 Å². The molecule has 5 rings (SSSR count). The molecule has 0 spiro atoms. The zero-order chi connectivity index (χ0) is 26.2. The zero-order valence-corrected chi connectivity index (χ0v) is 21.4. The van der Waals surface area contributed by atoms with Gasteiger partial charge in [-0.25, -0.2) is 0 Å². The van der Waals surface area contributed by atoms with Crippen LogP contribution in [0.25, 0.3) is 0 Å². The van der Waals surface area contributed by atoms with E-state index in [4.69, 9.17) is 9.47 Å². The minimum atomic E-state index is -1.23. The summed E-state index contributed by atoms with van der Waals surface area (Å²) in [6, 6.07) is 39.8. The topological polar surface area (TPSA) is 52.6 Å². The van der Waals surface area contributed by atoms with Gasteiger partial charge in [0.25, 0.3) is 0 Å². The molecule has 0 fully saturated rings. The molecule has 0 bridgehead atoms. The molecule has 0 radical (unpaired) electrons. The number of ether oxygens (including phenoxy) is 2. The largest absolute Gasteiger partial charge is 0.452 e. The van der Waals surface area contributed by atoms with Gasteiger partial charge < -0.3 is 9.47 Å². The van der Waals surface area contributed by atoms with Gasteiger partial charge in [0.2, 0.25) is 0 Å². The molecule has 1 heterocycles. The first-order valence-corrected chi connectivity index (χ1v) is 13.3. The van der Waals surface area contributed by atoms with E-state index in [1.165, 1.54) is 11.3 Å². The van der Waals surface area contributed by atoms with Crippen LogP contribution >= 0.6 is 11.3 Å². The fourth-order valence-corrected chi connectivity index (χ4v) is 5.03. The molecule has 0 atom stereocenters. The highest BCUT2D eigenvalue weighted by Gasteiger charge is 2.36. The Morgan fingerprint density at radius 2 is 0.816 bits per heavy atom.